The van der Waals surface area contributed by atoms with Crippen molar-refractivity contribution in [1.82, 2.24) is 10.6 Å². The van der Waals surface area contributed by atoms with E-state index in [1.165, 1.54) is 11.1 Å². The largest absolute Gasteiger partial charge is 0.481 e. The van der Waals surface area contributed by atoms with Gasteiger partial charge in [0, 0.05) is 24.8 Å². The highest BCUT2D eigenvalue weighted by molar-refractivity contribution is 7.99. The Hall–Kier alpha value is -3.00. The Morgan fingerprint density at radius 3 is 2.26 bits per heavy atom. The molecule has 1 aliphatic carbocycles. The molecular formula is C27H32N2O5S. The summed E-state index contributed by atoms with van der Waals surface area (Å²) in [4.78, 5) is 36.5. The number of carboxylic acid groups (broad SMARTS) is 1. The number of hydrogen-bond donors (Lipinski definition) is 3. The normalized spacial score (nSPS) is 17.1. The minimum absolute atomic E-state index is 0.00122. The van der Waals surface area contributed by atoms with Gasteiger partial charge in [-0.25, -0.2) is 4.79 Å². The minimum Gasteiger partial charge on any atom is -0.481 e. The molecule has 2 aromatic carbocycles. The zero-order chi connectivity index (χ0) is 24.8. The van der Waals surface area contributed by atoms with Gasteiger partial charge in [-0.05, 0) is 59.9 Å². The quantitative estimate of drug-likeness (QED) is 0.470. The molecule has 1 heterocycles. The number of benzene rings is 2. The molecule has 8 heteroatoms. The van der Waals surface area contributed by atoms with Crippen LogP contribution in [0.1, 0.15) is 56.1 Å². The zero-order valence-electron chi connectivity index (χ0n) is 19.9. The number of carbonyl (C=O) groups excluding carboxylic acids is 2. The van der Waals surface area contributed by atoms with Crippen LogP contribution in [-0.4, -0.2) is 52.8 Å². The summed E-state index contributed by atoms with van der Waals surface area (Å²) in [5.74, 6) is 0.610. The number of ether oxygens (including phenoxy) is 1. The van der Waals surface area contributed by atoms with E-state index in [0.29, 0.717) is 19.3 Å². The van der Waals surface area contributed by atoms with Crippen LogP contribution >= 0.6 is 11.8 Å². The van der Waals surface area contributed by atoms with Gasteiger partial charge in [0.1, 0.15) is 6.61 Å². The van der Waals surface area contributed by atoms with Gasteiger partial charge in [-0.3, -0.25) is 9.59 Å². The Balaban J connectivity index is 1.38. The number of rotatable bonds is 9. The average Bonchev–Trinajstić information content (AvgIpc) is 3.15. The van der Waals surface area contributed by atoms with Crippen molar-refractivity contribution in [2.75, 3.05) is 18.1 Å². The van der Waals surface area contributed by atoms with Crippen LogP contribution in [0.15, 0.2) is 48.5 Å². The molecule has 7 nitrogen and oxygen atoms in total. The number of hydrogen-bond acceptors (Lipinski definition) is 5. The van der Waals surface area contributed by atoms with E-state index in [1.54, 1.807) is 18.7 Å². The summed E-state index contributed by atoms with van der Waals surface area (Å²) in [7, 11) is 0. The van der Waals surface area contributed by atoms with E-state index in [2.05, 4.69) is 34.9 Å². The summed E-state index contributed by atoms with van der Waals surface area (Å²) < 4.78 is 5.74. The first kappa shape index (κ1) is 25.1. The molecule has 0 saturated carbocycles. The maximum absolute atomic E-state index is 12.9. The summed E-state index contributed by atoms with van der Waals surface area (Å²) >= 11 is 1.81. The lowest BCUT2D eigenvalue weighted by molar-refractivity contribution is -0.137. The molecule has 35 heavy (non-hydrogen) atoms. The fourth-order valence-electron chi connectivity index (χ4n) is 5.00. The molecule has 0 radical (unpaired) electrons. The lowest BCUT2D eigenvalue weighted by Crippen LogP contribution is -2.54. The number of carboxylic acids is 1. The van der Waals surface area contributed by atoms with Crippen molar-refractivity contribution >= 4 is 29.7 Å². The third kappa shape index (κ3) is 6.17. The van der Waals surface area contributed by atoms with Gasteiger partial charge in [0.2, 0.25) is 5.91 Å². The molecule has 1 saturated heterocycles. The molecule has 4 rings (SSSR count). The molecule has 1 fully saturated rings. The van der Waals surface area contributed by atoms with Crippen LogP contribution in [0.3, 0.4) is 0 Å². The minimum atomic E-state index is -0.885. The summed E-state index contributed by atoms with van der Waals surface area (Å²) in [5, 5.41) is 14.8. The standard InChI is InChI=1S/C27H32N2O5S/c1-18(10-11-25(31)32)28-24(30)16-27(12-14-35-15-13-27)29-26(33)34-17-23-21-8-4-2-6-19(21)20-7-3-5-9-22(20)23/h2-9,18,23H,10-17H2,1H3,(H,28,30)(H,29,33)(H,31,32). The van der Waals surface area contributed by atoms with Crippen LogP contribution in [0.5, 0.6) is 0 Å². The molecule has 3 N–H and O–H groups in total. The summed E-state index contributed by atoms with van der Waals surface area (Å²) in [5.41, 5.74) is 3.99. The molecule has 1 unspecified atom stereocenters. The first-order valence-corrected chi connectivity index (χ1v) is 13.2. The van der Waals surface area contributed by atoms with Crippen molar-refractivity contribution in [1.29, 1.82) is 0 Å². The third-order valence-corrected chi connectivity index (χ3v) is 7.84. The van der Waals surface area contributed by atoms with Crippen LogP contribution in [0.2, 0.25) is 0 Å². The van der Waals surface area contributed by atoms with Gasteiger partial charge in [-0.15, -0.1) is 0 Å². The number of carbonyl (C=O) groups is 3. The average molecular weight is 497 g/mol. The highest BCUT2D eigenvalue weighted by Crippen LogP contribution is 2.44. The molecule has 1 aliphatic heterocycles. The van der Waals surface area contributed by atoms with E-state index in [0.717, 1.165) is 22.6 Å². The van der Waals surface area contributed by atoms with Crippen molar-refractivity contribution in [3.8, 4) is 11.1 Å². The van der Waals surface area contributed by atoms with Gasteiger partial charge in [-0.2, -0.15) is 11.8 Å². The van der Waals surface area contributed by atoms with Gasteiger partial charge >= 0.3 is 12.1 Å². The molecule has 0 spiro atoms. The lowest BCUT2D eigenvalue weighted by atomic mass is 9.88. The Kier molecular flexibility index (Phi) is 8.00. The fraction of sp³-hybridized carbons (Fsp3) is 0.444. The maximum Gasteiger partial charge on any atom is 0.407 e. The predicted molar refractivity (Wildman–Crippen MR) is 137 cm³/mol. The van der Waals surface area contributed by atoms with E-state index in [9.17, 15) is 14.4 Å². The fourth-order valence-corrected chi connectivity index (χ4v) is 6.28. The molecule has 2 amide bonds. The number of thioether (sulfide) groups is 1. The van der Waals surface area contributed by atoms with Crippen molar-refractivity contribution in [3.63, 3.8) is 0 Å². The molecule has 0 bridgehead atoms. The Morgan fingerprint density at radius 1 is 1.06 bits per heavy atom. The number of amides is 2. The monoisotopic (exact) mass is 496 g/mol. The van der Waals surface area contributed by atoms with E-state index in [1.807, 2.05) is 24.3 Å². The number of fused-ring (bicyclic) bond motifs is 3. The number of aliphatic carboxylic acids is 1. The maximum atomic E-state index is 12.9. The molecule has 186 valence electrons. The van der Waals surface area contributed by atoms with Gasteiger partial charge in [0.05, 0.1) is 5.54 Å². The van der Waals surface area contributed by atoms with Crippen molar-refractivity contribution in [2.45, 2.75) is 56.5 Å². The second kappa shape index (κ2) is 11.2. The second-order valence-electron chi connectivity index (χ2n) is 9.42. The zero-order valence-corrected chi connectivity index (χ0v) is 20.7. The highest BCUT2D eigenvalue weighted by Gasteiger charge is 2.37. The van der Waals surface area contributed by atoms with Crippen molar-refractivity contribution < 1.29 is 24.2 Å². The van der Waals surface area contributed by atoms with Crippen LogP contribution in [-0.2, 0) is 14.3 Å². The van der Waals surface area contributed by atoms with E-state index in [4.69, 9.17) is 9.84 Å². The molecule has 1 atom stereocenters. The smallest absolute Gasteiger partial charge is 0.407 e. The summed E-state index contributed by atoms with van der Waals surface area (Å²) in [6.07, 6.45) is 1.36. The molecule has 2 aliphatic rings. The Morgan fingerprint density at radius 2 is 1.66 bits per heavy atom. The van der Waals surface area contributed by atoms with E-state index >= 15 is 0 Å². The molecule has 0 aromatic heterocycles. The summed E-state index contributed by atoms with van der Waals surface area (Å²) in [6.45, 7) is 2.02. The van der Waals surface area contributed by atoms with Crippen LogP contribution in [0.4, 0.5) is 4.79 Å². The van der Waals surface area contributed by atoms with Crippen LogP contribution < -0.4 is 10.6 Å². The van der Waals surface area contributed by atoms with Crippen LogP contribution in [0.25, 0.3) is 11.1 Å². The van der Waals surface area contributed by atoms with Crippen LogP contribution in [0, 0.1) is 0 Å². The van der Waals surface area contributed by atoms with Gasteiger partial charge < -0.3 is 20.5 Å². The van der Waals surface area contributed by atoms with E-state index in [-0.39, 0.29) is 37.3 Å². The first-order chi connectivity index (χ1) is 16.9. The number of alkyl carbamates (subject to hydrolysis) is 1. The van der Waals surface area contributed by atoms with Gasteiger partial charge in [0.15, 0.2) is 0 Å². The lowest BCUT2D eigenvalue weighted by Gasteiger charge is -2.37. The highest BCUT2D eigenvalue weighted by atomic mass is 32.2. The second-order valence-corrected chi connectivity index (χ2v) is 10.6. The SMILES string of the molecule is CC(CCC(=O)O)NC(=O)CC1(NC(=O)OCC2c3ccccc3-c3ccccc32)CCSCC1. The number of nitrogens with one attached hydrogen (secondary N) is 2. The van der Waals surface area contributed by atoms with Crippen molar-refractivity contribution in [3.05, 3.63) is 59.7 Å². The Labute approximate surface area is 210 Å². The topological polar surface area (TPSA) is 105 Å². The first-order valence-electron chi connectivity index (χ1n) is 12.1. The predicted octanol–water partition coefficient (Wildman–Crippen LogP) is 4.55. The third-order valence-electron chi connectivity index (χ3n) is 6.86. The molecule has 2 aromatic rings. The molecular weight excluding hydrogens is 464 g/mol. The summed E-state index contributed by atoms with van der Waals surface area (Å²) in [6, 6.07) is 16.1. The van der Waals surface area contributed by atoms with Gasteiger partial charge in [0.25, 0.3) is 0 Å². The van der Waals surface area contributed by atoms with E-state index < -0.39 is 17.6 Å². The Bertz CT molecular complexity index is 1040. The van der Waals surface area contributed by atoms with Crippen molar-refractivity contribution in [2.24, 2.45) is 0 Å². The van der Waals surface area contributed by atoms with Gasteiger partial charge in [-0.1, -0.05) is 48.5 Å².